The topological polar surface area (TPSA) is 70.4 Å². The smallest absolute Gasteiger partial charge is 0.418 e. The second-order valence-corrected chi connectivity index (χ2v) is 5.12. The molecule has 0 saturated heterocycles. The second-order valence-electron chi connectivity index (χ2n) is 4.03. The second kappa shape index (κ2) is 5.23. The zero-order valence-electron chi connectivity index (χ0n) is 9.95. The van der Waals surface area contributed by atoms with Crippen LogP contribution in [-0.2, 0) is 6.18 Å². The first-order valence-electron chi connectivity index (χ1n) is 5.38. The minimum absolute atomic E-state index is 0.347. The highest BCUT2D eigenvalue weighted by Gasteiger charge is 2.35. The number of carboxylic acids is 1. The molecule has 0 aliphatic rings. The van der Waals surface area contributed by atoms with Gasteiger partial charge >= 0.3 is 12.1 Å². The predicted octanol–water partition coefficient (Wildman–Crippen LogP) is 4.13. The fraction of sp³-hybridized carbons (Fsp3) is 0.167. The van der Waals surface area contributed by atoms with Gasteiger partial charge in [0.25, 0.3) is 0 Å². The molecular formula is C12H6Cl2F3NO3. The molecule has 21 heavy (non-hydrogen) atoms. The van der Waals surface area contributed by atoms with Gasteiger partial charge in [0.15, 0.2) is 4.84 Å². The van der Waals surface area contributed by atoms with Crippen molar-refractivity contribution in [3.05, 3.63) is 35.0 Å². The van der Waals surface area contributed by atoms with E-state index in [2.05, 4.69) is 4.98 Å². The maximum absolute atomic E-state index is 12.9. The summed E-state index contributed by atoms with van der Waals surface area (Å²) < 4.78 is 38.8. The Bertz CT molecular complexity index is 732. The third-order valence-corrected chi connectivity index (χ3v) is 3.16. The Morgan fingerprint density at radius 2 is 1.90 bits per heavy atom. The van der Waals surface area contributed by atoms with Gasteiger partial charge in [0.1, 0.15) is 11.3 Å². The zero-order valence-corrected chi connectivity index (χ0v) is 11.5. The van der Waals surface area contributed by atoms with Gasteiger partial charge in [0, 0.05) is 5.39 Å². The first kappa shape index (κ1) is 15.7. The number of para-hydroxylation sites is 1. The van der Waals surface area contributed by atoms with Crippen LogP contribution in [0.2, 0.25) is 0 Å². The van der Waals surface area contributed by atoms with Gasteiger partial charge in [-0.15, -0.1) is 0 Å². The molecule has 0 fully saturated rings. The number of carboxylic acid groups (broad SMARTS) is 1. The molecule has 0 bridgehead atoms. The third kappa shape index (κ3) is 2.71. The monoisotopic (exact) mass is 339 g/mol. The zero-order chi connectivity index (χ0) is 15.9. The summed E-state index contributed by atoms with van der Waals surface area (Å²) in [6, 6.07) is 2.92. The number of aromatic hydroxyl groups is 1. The quantitative estimate of drug-likeness (QED) is 0.807. The Hall–Kier alpha value is -1.73. The van der Waals surface area contributed by atoms with Crippen molar-refractivity contribution in [1.29, 1.82) is 0 Å². The number of fused-ring (bicyclic) bond motifs is 1. The maximum Gasteiger partial charge on any atom is 0.418 e. The van der Waals surface area contributed by atoms with E-state index in [0.29, 0.717) is 0 Å². The van der Waals surface area contributed by atoms with Crippen molar-refractivity contribution in [2.45, 2.75) is 11.0 Å². The number of rotatable bonds is 2. The highest BCUT2D eigenvalue weighted by molar-refractivity contribution is 6.44. The van der Waals surface area contributed by atoms with E-state index in [9.17, 15) is 23.1 Å². The molecule has 0 unspecified atom stereocenters. The van der Waals surface area contributed by atoms with Crippen molar-refractivity contribution < 1.29 is 28.2 Å². The molecule has 1 heterocycles. The van der Waals surface area contributed by atoms with Gasteiger partial charge in [0.2, 0.25) is 0 Å². The fourth-order valence-corrected chi connectivity index (χ4v) is 2.20. The van der Waals surface area contributed by atoms with Crippen molar-refractivity contribution in [1.82, 2.24) is 4.98 Å². The van der Waals surface area contributed by atoms with Crippen LogP contribution in [0.15, 0.2) is 18.2 Å². The van der Waals surface area contributed by atoms with Gasteiger partial charge in [0.05, 0.1) is 16.8 Å². The predicted molar refractivity (Wildman–Crippen MR) is 69.8 cm³/mol. The highest BCUT2D eigenvalue weighted by Crippen LogP contribution is 2.40. The van der Waals surface area contributed by atoms with Gasteiger partial charge in [-0.2, -0.15) is 13.2 Å². The minimum atomic E-state index is -4.73. The van der Waals surface area contributed by atoms with Crippen LogP contribution < -0.4 is 0 Å². The Morgan fingerprint density at radius 1 is 1.29 bits per heavy atom. The van der Waals surface area contributed by atoms with Crippen LogP contribution in [0.25, 0.3) is 10.9 Å². The molecule has 1 aromatic heterocycles. The Kier molecular flexibility index (Phi) is 3.90. The number of aromatic nitrogens is 1. The summed E-state index contributed by atoms with van der Waals surface area (Å²) in [7, 11) is 0. The van der Waals surface area contributed by atoms with Crippen molar-refractivity contribution in [2.75, 3.05) is 0 Å². The van der Waals surface area contributed by atoms with Crippen LogP contribution in [0, 0.1) is 0 Å². The van der Waals surface area contributed by atoms with Crippen molar-refractivity contribution in [2.24, 2.45) is 0 Å². The number of pyridine rings is 1. The Balaban J connectivity index is 2.97. The van der Waals surface area contributed by atoms with E-state index in [1.54, 1.807) is 0 Å². The van der Waals surface area contributed by atoms with Crippen LogP contribution in [0.5, 0.6) is 5.75 Å². The van der Waals surface area contributed by atoms with Crippen LogP contribution in [0.3, 0.4) is 0 Å². The molecular weight excluding hydrogens is 334 g/mol. The molecule has 0 amide bonds. The molecule has 2 N–H and O–H groups in total. The molecule has 2 aromatic rings. The van der Waals surface area contributed by atoms with Gasteiger partial charge in [-0.1, -0.05) is 29.3 Å². The molecule has 2 rings (SSSR count). The lowest BCUT2D eigenvalue weighted by Crippen LogP contribution is -2.10. The van der Waals surface area contributed by atoms with Crippen molar-refractivity contribution in [3.63, 3.8) is 0 Å². The lowest BCUT2D eigenvalue weighted by molar-refractivity contribution is -0.136. The number of hydrogen-bond acceptors (Lipinski definition) is 3. The first-order chi connectivity index (χ1) is 9.64. The highest BCUT2D eigenvalue weighted by atomic mass is 35.5. The van der Waals surface area contributed by atoms with Crippen molar-refractivity contribution in [3.8, 4) is 5.75 Å². The molecule has 0 aliphatic carbocycles. The fourth-order valence-electron chi connectivity index (χ4n) is 1.88. The van der Waals surface area contributed by atoms with E-state index in [0.717, 1.165) is 18.2 Å². The Morgan fingerprint density at radius 3 is 2.38 bits per heavy atom. The average molecular weight is 340 g/mol. The molecule has 0 saturated carbocycles. The summed E-state index contributed by atoms with van der Waals surface area (Å²) >= 11 is 11.1. The lowest BCUT2D eigenvalue weighted by atomic mass is 10.0. The van der Waals surface area contributed by atoms with E-state index in [4.69, 9.17) is 28.3 Å². The molecule has 9 heteroatoms. The normalized spacial score (nSPS) is 12.1. The molecule has 0 spiro atoms. The maximum atomic E-state index is 12.9. The number of benzene rings is 1. The van der Waals surface area contributed by atoms with E-state index < -0.39 is 45.1 Å². The number of hydrogen-bond donors (Lipinski definition) is 2. The van der Waals surface area contributed by atoms with E-state index in [1.807, 2.05) is 0 Å². The van der Waals surface area contributed by atoms with Crippen molar-refractivity contribution >= 4 is 40.1 Å². The minimum Gasteiger partial charge on any atom is -0.506 e. The van der Waals surface area contributed by atoms with E-state index in [-0.39, 0.29) is 5.39 Å². The van der Waals surface area contributed by atoms with E-state index >= 15 is 0 Å². The average Bonchev–Trinajstić information content (AvgIpc) is 2.36. The SMILES string of the molecule is O=C(O)c1c(C(Cl)Cl)nc2c(C(F)(F)F)cccc2c1O. The molecule has 112 valence electrons. The van der Waals surface area contributed by atoms with Crippen LogP contribution in [0.1, 0.15) is 26.5 Å². The van der Waals surface area contributed by atoms with E-state index in [1.165, 1.54) is 0 Å². The third-order valence-electron chi connectivity index (χ3n) is 2.74. The Labute approximate surface area is 125 Å². The largest absolute Gasteiger partial charge is 0.506 e. The van der Waals surface area contributed by atoms with Gasteiger partial charge in [-0.05, 0) is 12.1 Å². The molecule has 0 radical (unpaired) electrons. The summed E-state index contributed by atoms with van der Waals surface area (Å²) in [4.78, 5) is 13.2. The van der Waals surface area contributed by atoms with Gasteiger partial charge < -0.3 is 10.2 Å². The number of carbonyl (C=O) groups is 1. The van der Waals surface area contributed by atoms with Crippen LogP contribution >= 0.6 is 23.2 Å². The summed E-state index contributed by atoms with van der Waals surface area (Å²) in [5.41, 5.74) is -3.01. The van der Waals surface area contributed by atoms with Gasteiger partial charge in [-0.3, -0.25) is 0 Å². The van der Waals surface area contributed by atoms with Crippen LogP contribution in [-0.4, -0.2) is 21.2 Å². The molecule has 0 aliphatic heterocycles. The van der Waals surface area contributed by atoms with Crippen LogP contribution in [0.4, 0.5) is 13.2 Å². The number of alkyl halides is 5. The lowest BCUT2D eigenvalue weighted by Gasteiger charge is -2.14. The molecule has 1 aromatic carbocycles. The summed E-state index contributed by atoms with van der Waals surface area (Å²) in [6.45, 7) is 0. The number of halogens is 5. The first-order valence-corrected chi connectivity index (χ1v) is 6.26. The summed E-state index contributed by atoms with van der Waals surface area (Å²) in [5, 5.41) is 18.6. The summed E-state index contributed by atoms with van der Waals surface area (Å²) in [5.74, 6) is -2.46. The standard InChI is InChI=1S/C12H6Cl2F3NO3/c13-10(14)8-6(11(20)21)9(19)4-2-1-3-5(7(4)18-8)12(15,16)17/h1-3,10H,(H,18,19)(H,20,21). The molecule has 4 nitrogen and oxygen atoms in total. The number of nitrogens with zero attached hydrogens (tertiary/aromatic N) is 1. The van der Waals surface area contributed by atoms with Gasteiger partial charge in [-0.25, -0.2) is 9.78 Å². The molecule has 0 atom stereocenters. The summed E-state index contributed by atoms with van der Waals surface area (Å²) in [6.07, 6.45) is -4.73. The number of aromatic carboxylic acids is 1.